The van der Waals surface area contributed by atoms with Gasteiger partial charge in [-0.25, -0.2) is 0 Å². The summed E-state index contributed by atoms with van der Waals surface area (Å²) < 4.78 is 10.8. The highest BCUT2D eigenvalue weighted by Crippen LogP contribution is 2.19. The van der Waals surface area contributed by atoms with Crippen molar-refractivity contribution in [2.24, 2.45) is 5.92 Å². The van der Waals surface area contributed by atoms with E-state index in [-0.39, 0.29) is 12.5 Å². The third-order valence-electron chi connectivity index (χ3n) is 3.22. The molecule has 0 aromatic heterocycles. The molecule has 0 heterocycles. The zero-order valence-corrected chi connectivity index (χ0v) is 14.3. The van der Waals surface area contributed by atoms with Gasteiger partial charge in [-0.3, -0.25) is 4.79 Å². The van der Waals surface area contributed by atoms with Crippen LogP contribution in [0.1, 0.15) is 13.8 Å². The summed E-state index contributed by atoms with van der Waals surface area (Å²) in [6.07, 6.45) is 0. The monoisotopic (exact) mass is 328 g/mol. The number of ether oxygens (including phenoxy) is 2. The molecule has 0 bridgehead atoms. The molecule has 0 atom stereocenters. The third-order valence-corrected chi connectivity index (χ3v) is 3.22. The molecule has 2 rings (SSSR count). The lowest BCUT2D eigenvalue weighted by molar-refractivity contribution is -0.114. The first-order chi connectivity index (χ1) is 11.6. The Morgan fingerprint density at radius 1 is 1.04 bits per heavy atom. The zero-order valence-electron chi connectivity index (χ0n) is 14.3. The second-order valence-corrected chi connectivity index (χ2v) is 5.87. The molecule has 5 nitrogen and oxygen atoms in total. The number of rotatable bonds is 8. The van der Waals surface area contributed by atoms with Crippen LogP contribution in [-0.2, 0) is 4.79 Å². The standard InChI is InChI=1S/C19H24N2O3/c1-14(2)13-24-18-9-5-7-16(11-18)21-19(22)12-20-15-6-4-8-17(10-15)23-3/h4-11,14,20H,12-13H2,1-3H3,(H,21,22). The molecule has 0 unspecified atom stereocenters. The average Bonchev–Trinajstić information content (AvgIpc) is 2.59. The van der Waals surface area contributed by atoms with Crippen LogP contribution in [0.25, 0.3) is 0 Å². The van der Waals surface area contributed by atoms with Crippen molar-refractivity contribution in [1.29, 1.82) is 0 Å². The topological polar surface area (TPSA) is 59.6 Å². The molecule has 0 saturated heterocycles. The number of methoxy groups -OCH3 is 1. The molecule has 0 aliphatic rings. The molecule has 1 amide bonds. The van der Waals surface area contributed by atoms with Crippen molar-refractivity contribution in [3.63, 3.8) is 0 Å². The van der Waals surface area contributed by atoms with Gasteiger partial charge in [0, 0.05) is 23.5 Å². The number of carbonyl (C=O) groups excluding carboxylic acids is 1. The Kier molecular flexibility index (Phi) is 6.49. The molecule has 0 aliphatic carbocycles. The van der Waals surface area contributed by atoms with Gasteiger partial charge in [0.05, 0.1) is 20.3 Å². The quantitative estimate of drug-likeness (QED) is 0.774. The van der Waals surface area contributed by atoms with Crippen LogP contribution in [0.3, 0.4) is 0 Å². The lowest BCUT2D eigenvalue weighted by Gasteiger charge is -2.11. The van der Waals surface area contributed by atoms with Gasteiger partial charge in [-0.2, -0.15) is 0 Å². The number of anilines is 2. The fourth-order valence-electron chi connectivity index (χ4n) is 2.05. The van der Waals surface area contributed by atoms with E-state index >= 15 is 0 Å². The van der Waals surface area contributed by atoms with Crippen molar-refractivity contribution in [3.05, 3.63) is 48.5 Å². The largest absolute Gasteiger partial charge is 0.497 e. The first-order valence-corrected chi connectivity index (χ1v) is 7.97. The molecule has 2 aromatic carbocycles. The smallest absolute Gasteiger partial charge is 0.243 e. The fourth-order valence-corrected chi connectivity index (χ4v) is 2.05. The molecule has 24 heavy (non-hydrogen) atoms. The molecule has 5 heteroatoms. The van der Waals surface area contributed by atoms with Gasteiger partial charge in [-0.15, -0.1) is 0 Å². The highest BCUT2D eigenvalue weighted by molar-refractivity contribution is 5.93. The highest BCUT2D eigenvalue weighted by atomic mass is 16.5. The van der Waals surface area contributed by atoms with Crippen molar-refractivity contribution < 1.29 is 14.3 Å². The maximum atomic E-state index is 12.1. The summed E-state index contributed by atoms with van der Waals surface area (Å²) in [5, 5.41) is 5.93. The summed E-state index contributed by atoms with van der Waals surface area (Å²) >= 11 is 0. The summed E-state index contributed by atoms with van der Waals surface area (Å²) in [5.74, 6) is 1.83. The number of hydrogen-bond acceptors (Lipinski definition) is 4. The Morgan fingerprint density at radius 3 is 2.42 bits per heavy atom. The zero-order chi connectivity index (χ0) is 17.4. The molecule has 0 fully saturated rings. The van der Waals surface area contributed by atoms with E-state index in [9.17, 15) is 4.79 Å². The lowest BCUT2D eigenvalue weighted by Crippen LogP contribution is -2.21. The summed E-state index contributed by atoms with van der Waals surface area (Å²) in [6.45, 7) is 5.00. The van der Waals surface area contributed by atoms with Crippen molar-refractivity contribution in [3.8, 4) is 11.5 Å². The van der Waals surface area contributed by atoms with E-state index in [0.29, 0.717) is 18.2 Å². The first kappa shape index (κ1) is 17.7. The maximum Gasteiger partial charge on any atom is 0.243 e. The summed E-state index contributed by atoms with van der Waals surface area (Å²) in [6, 6.07) is 14.9. The number of carbonyl (C=O) groups is 1. The van der Waals surface area contributed by atoms with Crippen LogP contribution in [0.2, 0.25) is 0 Å². The van der Waals surface area contributed by atoms with Crippen molar-refractivity contribution in [2.75, 3.05) is 30.9 Å². The second kappa shape index (κ2) is 8.82. The molecule has 128 valence electrons. The van der Waals surface area contributed by atoms with Crippen LogP contribution >= 0.6 is 0 Å². The van der Waals surface area contributed by atoms with E-state index in [0.717, 1.165) is 17.2 Å². The molecule has 0 saturated carbocycles. The van der Waals surface area contributed by atoms with Crippen molar-refractivity contribution in [2.45, 2.75) is 13.8 Å². The Hall–Kier alpha value is -2.69. The normalized spacial score (nSPS) is 10.3. The number of amides is 1. The van der Waals surface area contributed by atoms with Crippen molar-refractivity contribution in [1.82, 2.24) is 0 Å². The van der Waals surface area contributed by atoms with Crippen LogP contribution in [0.4, 0.5) is 11.4 Å². The minimum absolute atomic E-state index is 0.126. The summed E-state index contributed by atoms with van der Waals surface area (Å²) in [4.78, 5) is 12.1. The Balaban J connectivity index is 1.86. The molecule has 2 N–H and O–H groups in total. The molecule has 0 radical (unpaired) electrons. The Labute approximate surface area is 143 Å². The van der Waals surface area contributed by atoms with Gasteiger partial charge in [0.15, 0.2) is 0 Å². The van der Waals surface area contributed by atoms with Gasteiger partial charge in [0.25, 0.3) is 0 Å². The van der Waals surface area contributed by atoms with E-state index in [4.69, 9.17) is 9.47 Å². The SMILES string of the molecule is COc1cccc(NCC(=O)Nc2cccc(OCC(C)C)c2)c1. The highest BCUT2D eigenvalue weighted by Gasteiger charge is 2.05. The van der Waals surface area contributed by atoms with Gasteiger partial charge in [0.2, 0.25) is 5.91 Å². The molecule has 2 aromatic rings. The summed E-state index contributed by atoms with van der Waals surface area (Å²) in [7, 11) is 1.61. The average molecular weight is 328 g/mol. The number of benzene rings is 2. The van der Waals surface area contributed by atoms with E-state index in [1.165, 1.54) is 0 Å². The summed E-state index contributed by atoms with van der Waals surface area (Å²) in [5.41, 5.74) is 1.55. The molecule has 0 spiro atoms. The number of hydrogen-bond donors (Lipinski definition) is 2. The maximum absolute atomic E-state index is 12.1. The van der Waals surface area contributed by atoms with Crippen molar-refractivity contribution >= 4 is 17.3 Å². The lowest BCUT2D eigenvalue weighted by atomic mass is 10.2. The van der Waals surface area contributed by atoms with Crippen LogP contribution < -0.4 is 20.1 Å². The second-order valence-electron chi connectivity index (χ2n) is 5.87. The minimum Gasteiger partial charge on any atom is -0.497 e. The predicted molar refractivity (Wildman–Crippen MR) is 96.9 cm³/mol. The van der Waals surface area contributed by atoms with E-state index < -0.39 is 0 Å². The van der Waals surface area contributed by atoms with Crippen LogP contribution in [0, 0.1) is 5.92 Å². The van der Waals surface area contributed by atoms with Gasteiger partial charge < -0.3 is 20.1 Å². The van der Waals surface area contributed by atoms with Gasteiger partial charge in [0.1, 0.15) is 11.5 Å². The van der Waals surface area contributed by atoms with Gasteiger partial charge in [-0.05, 0) is 30.2 Å². The van der Waals surface area contributed by atoms with E-state index in [1.807, 2.05) is 48.5 Å². The molecular formula is C19H24N2O3. The Morgan fingerprint density at radius 2 is 1.71 bits per heavy atom. The first-order valence-electron chi connectivity index (χ1n) is 7.97. The number of nitrogens with one attached hydrogen (secondary N) is 2. The fraction of sp³-hybridized carbons (Fsp3) is 0.316. The van der Waals surface area contributed by atoms with Gasteiger partial charge >= 0.3 is 0 Å². The van der Waals surface area contributed by atoms with Crippen LogP contribution in [0.5, 0.6) is 11.5 Å². The minimum atomic E-state index is -0.126. The van der Waals surface area contributed by atoms with Crippen LogP contribution in [0.15, 0.2) is 48.5 Å². The van der Waals surface area contributed by atoms with Crippen LogP contribution in [-0.4, -0.2) is 26.2 Å². The molecule has 0 aliphatic heterocycles. The van der Waals surface area contributed by atoms with E-state index in [2.05, 4.69) is 24.5 Å². The van der Waals surface area contributed by atoms with Gasteiger partial charge in [-0.1, -0.05) is 26.0 Å². The Bertz CT molecular complexity index is 671. The van der Waals surface area contributed by atoms with E-state index in [1.54, 1.807) is 7.11 Å². The molecular weight excluding hydrogens is 304 g/mol. The predicted octanol–water partition coefficient (Wildman–Crippen LogP) is 3.78. The third kappa shape index (κ3) is 5.83.